The number of carbonyl (C=O) groups excluding carboxylic acids is 4. The molecule has 7 N–H and O–H groups in total. The molecular formula is C22H32N6O7. The highest BCUT2D eigenvalue weighted by Crippen LogP contribution is 2.25. The van der Waals surface area contributed by atoms with Crippen molar-refractivity contribution in [3.05, 3.63) is 33.9 Å². The number of benzene rings is 1. The van der Waals surface area contributed by atoms with Gasteiger partial charge < -0.3 is 32.1 Å². The minimum absolute atomic E-state index is 0.0520. The lowest BCUT2D eigenvalue weighted by Gasteiger charge is -2.32. The highest BCUT2D eigenvalue weighted by molar-refractivity contribution is 6.03. The van der Waals surface area contributed by atoms with Crippen LogP contribution in [0.15, 0.2) is 18.2 Å². The molecule has 1 aliphatic rings. The lowest BCUT2D eigenvalue weighted by molar-refractivity contribution is -0.384. The summed E-state index contributed by atoms with van der Waals surface area (Å²) in [5, 5.41) is 31.9. The van der Waals surface area contributed by atoms with Crippen molar-refractivity contribution in [2.45, 2.75) is 64.8 Å². The zero-order chi connectivity index (χ0) is 26.5. The first kappa shape index (κ1) is 27.5. The molecule has 2 rings (SSSR count). The van der Waals surface area contributed by atoms with Gasteiger partial charge in [0.25, 0.3) is 11.6 Å². The molecule has 192 valence electrons. The van der Waals surface area contributed by atoms with Crippen molar-refractivity contribution < 1.29 is 29.2 Å². The summed E-state index contributed by atoms with van der Waals surface area (Å²) in [6, 6.07) is 0.0381. The number of anilines is 1. The number of nitro groups is 1. The molecule has 0 aliphatic carbocycles. The summed E-state index contributed by atoms with van der Waals surface area (Å²) in [4.78, 5) is 61.7. The third kappa shape index (κ3) is 7.12. The van der Waals surface area contributed by atoms with Crippen LogP contribution in [0.1, 0.15) is 50.9 Å². The fraction of sp³-hybridized carbons (Fsp3) is 0.545. The molecule has 1 heterocycles. The van der Waals surface area contributed by atoms with Crippen LogP contribution in [0.25, 0.3) is 0 Å². The Morgan fingerprint density at radius 3 is 2.37 bits per heavy atom. The number of carbonyl (C=O) groups is 4. The molecule has 4 amide bonds. The normalized spacial score (nSPS) is 23.2. The summed E-state index contributed by atoms with van der Waals surface area (Å²) in [6.07, 6.45) is -0.861. The Balaban J connectivity index is 2.55. The maximum atomic E-state index is 13.2. The molecule has 0 bridgehead atoms. The maximum absolute atomic E-state index is 13.2. The number of nitrogens with one attached hydrogen (secondary N) is 4. The van der Waals surface area contributed by atoms with Gasteiger partial charge in [-0.2, -0.15) is 0 Å². The summed E-state index contributed by atoms with van der Waals surface area (Å²) in [5.41, 5.74) is 4.49. The molecule has 0 aromatic heterocycles. The third-order valence-electron chi connectivity index (χ3n) is 5.57. The zero-order valence-corrected chi connectivity index (χ0v) is 20.1. The standard InChI is InChI=1S/C22H32N6O7/c1-11(29)16-20(32)25-15(18(23)30)6-5-9-24-14-8-7-12(28(34)35)10-13(14)19(31)27-17(21(33)26-16)22(2,3)4/h7-8,10-11,15-17,24,29H,5-6,9H2,1-4H3,(H2,23,30)(H,25,32)(H,26,33)(H,27,31). The van der Waals surface area contributed by atoms with Gasteiger partial charge in [0.2, 0.25) is 17.7 Å². The Bertz CT molecular complexity index is 1000. The molecule has 13 nitrogen and oxygen atoms in total. The van der Waals surface area contributed by atoms with Gasteiger partial charge in [0.15, 0.2) is 0 Å². The van der Waals surface area contributed by atoms with Crippen molar-refractivity contribution >= 4 is 35.0 Å². The first-order valence-electron chi connectivity index (χ1n) is 11.1. The number of hydrogen-bond acceptors (Lipinski definition) is 8. The minimum Gasteiger partial charge on any atom is -0.391 e. The Hall–Kier alpha value is -3.74. The number of rotatable bonds is 3. The van der Waals surface area contributed by atoms with Gasteiger partial charge in [0.1, 0.15) is 18.1 Å². The van der Waals surface area contributed by atoms with Crippen LogP contribution >= 0.6 is 0 Å². The summed E-state index contributed by atoms with van der Waals surface area (Å²) in [7, 11) is 0. The number of nitro benzene ring substituents is 1. The van der Waals surface area contributed by atoms with Crippen molar-refractivity contribution in [1.29, 1.82) is 0 Å². The SMILES string of the molecule is CC(O)C1NC(=O)C(C(C)(C)C)NC(=O)c2cc([N+](=O)[O-])ccc2NCCCC(C(N)=O)NC1=O. The number of non-ortho nitro benzene ring substituents is 1. The number of hydrogen-bond donors (Lipinski definition) is 6. The number of nitrogens with zero attached hydrogens (tertiary/aromatic N) is 1. The van der Waals surface area contributed by atoms with Crippen LogP contribution in [0.5, 0.6) is 0 Å². The number of primary amides is 1. The molecule has 0 radical (unpaired) electrons. The molecule has 4 unspecified atom stereocenters. The number of aliphatic hydroxyl groups excluding tert-OH is 1. The molecule has 0 fully saturated rings. The second-order valence-electron chi connectivity index (χ2n) is 9.52. The topological polar surface area (TPSA) is 206 Å². The van der Waals surface area contributed by atoms with Crippen LogP contribution < -0.4 is 27.0 Å². The molecule has 0 saturated heterocycles. The largest absolute Gasteiger partial charge is 0.391 e. The molecule has 1 aliphatic heterocycles. The second kappa shape index (κ2) is 11.1. The first-order valence-corrected chi connectivity index (χ1v) is 11.1. The van der Waals surface area contributed by atoms with Gasteiger partial charge in [-0.1, -0.05) is 20.8 Å². The Labute approximate surface area is 202 Å². The fourth-order valence-electron chi connectivity index (χ4n) is 3.59. The van der Waals surface area contributed by atoms with Gasteiger partial charge in [-0.3, -0.25) is 29.3 Å². The zero-order valence-electron chi connectivity index (χ0n) is 20.1. The van der Waals surface area contributed by atoms with Crippen molar-refractivity contribution in [3.63, 3.8) is 0 Å². The van der Waals surface area contributed by atoms with E-state index < -0.39 is 58.2 Å². The summed E-state index contributed by atoms with van der Waals surface area (Å²) in [6.45, 7) is 6.58. The van der Waals surface area contributed by atoms with Crippen molar-refractivity contribution in [1.82, 2.24) is 16.0 Å². The van der Waals surface area contributed by atoms with E-state index in [1.54, 1.807) is 20.8 Å². The highest BCUT2D eigenvalue weighted by Gasteiger charge is 2.37. The van der Waals surface area contributed by atoms with Crippen molar-refractivity contribution in [2.75, 3.05) is 11.9 Å². The smallest absolute Gasteiger partial charge is 0.270 e. The van der Waals surface area contributed by atoms with E-state index in [0.717, 1.165) is 6.07 Å². The molecule has 0 spiro atoms. The number of aliphatic hydroxyl groups is 1. The van der Waals surface area contributed by atoms with E-state index in [1.165, 1.54) is 19.1 Å². The van der Waals surface area contributed by atoms with Crippen molar-refractivity contribution in [3.8, 4) is 0 Å². The fourth-order valence-corrected chi connectivity index (χ4v) is 3.59. The molecular weight excluding hydrogens is 460 g/mol. The Morgan fingerprint density at radius 2 is 1.83 bits per heavy atom. The van der Waals surface area contributed by atoms with Crippen LogP contribution in [-0.2, 0) is 14.4 Å². The molecule has 4 atom stereocenters. The molecule has 13 heteroatoms. The van der Waals surface area contributed by atoms with Gasteiger partial charge in [-0.05, 0) is 31.2 Å². The second-order valence-corrected chi connectivity index (χ2v) is 9.52. The monoisotopic (exact) mass is 492 g/mol. The quantitative estimate of drug-likeness (QED) is 0.245. The summed E-state index contributed by atoms with van der Waals surface area (Å²) < 4.78 is 0. The average molecular weight is 493 g/mol. The molecule has 1 aromatic rings. The van der Waals surface area contributed by atoms with Gasteiger partial charge in [-0.25, -0.2) is 0 Å². The predicted molar refractivity (Wildman–Crippen MR) is 126 cm³/mol. The van der Waals surface area contributed by atoms with E-state index in [0.29, 0.717) is 6.42 Å². The number of nitrogens with two attached hydrogens (primary N) is 1. The molecule has 0 saturated carbocycles. The first-order chi connectivity index (χ1) is 16.2. The highest BCUT2D eigenvalue weighted by atomic mass is 16.6. The van der Waals surface area contributed by atoms with Gasteiger partial charge >= 0.3 is 0 Å². The lowest BCUT2D eigenvalue weighted by Crippen LogP contribution is -2.61. The van der Waals surface area contributed by atoms with Crippen LogP contribution in [0, 0.1) is 15.5 Å². The molecule has 1 aromatic carbocycles. The number of amides is 4. The Morgan fingerprint density at radius 1 is 1.17 bits per heavy atom. The van der Waals surface area contributed by atoms with Crippen LogP contribution in [-0.4, -0.2) is 64.4 Å². The summed E-state index contributed by atoms with van der Waals surface area (Å²) >= 11 is 0. The van der Waals surface area contributed by atoms with Gasteiger partial charge in [-0.15, -0.1) is 0 Å². The van der Waals surface area contributed by atoms with Gasteiger partial charge in [0, 0.05) is 24.4 Å². The molecule has 35 heavy (non-hydrogen) atoms. The van der Waals surface area contributed by atoms with E-state index in [1.807, 2.05) is 0 Å². The Kier molecular flexibility index (Phi) is 8.74. The van der Waals surface area contributed by atoms with Gasteiger partial charge in [0.05, 0.1) is 16.6 Å². The average Bonchev–Trinajstić information content (AvgIpc) is 2.75. The predicted octanol–water partition coefficient (Wildman–Crippen LogP) is -0.219. The maximum Gasteiger partial charge on any atom is 0.270 e. The van der Waals surface area contributed by atoms with Crippen LogP contribution in [0.2, 0.25) is 0 Å². The number of fused-ring (bicyclic) bond motifs is 1. The van der Waals surface area contributed by atoms with Crippen molar-refractivity contribution in [2.24, 2.45) is 11.1 Å². The lowest BCUT2D eigenvalue weighted by atomic mass is 9.85. The third-order valence-corrected chi connectivity index (χ3v) is 5.57. The summed E-state index contributed by atoms with van der Waals surface area (Å²) in [5.74, 6) is -3.11. The van der Waals surface area contributed by atoms with E-state index in [9.17, 15) is 34.4 Å². The van der Waals surface area contributed by atoms with Crippen LogP contribution in [0.4, 0.5) is 11.4 Å². The van der Waals surface area contributed by atoms with E-state index in [-0.39, 0.29) is 29.9 Å². The van der Waals surface area contributed by atoms with E-state index in [4.69, 9.17) is 5.73 Å². The van der Waals surface area contributed by atoms with Crippen LogP contribution in [0.3, 0.4) is 0 Å². The van der Waals surface area contributed by atoms with E-state index in [2.05, 4.69) is 21.3 Å². The van der Waals surface area contributed by atoms with E-state index >= 15 is 0 Å². The minimum atomic E-state index is -1.43.